The van der Waals surface area contributed by atoms with Crippen LogP contribution in [-0.4, -0.2) is 4.40 Å². The molecule has 0 saturated heterocycles. The number of aromatic nitrogens is 1. The predicted octanol–water partition coefficient (Wildman–Crippen LogP) is 3.76. The molecule has 0 aliphatic heterocycles. The number of rotatable bonds is 1. The van der Waals surface area contributed by atoms with Crippen molar-refractivity contribution in [3.05, 3.63) is 75.9 Å². The highest BCUT2D eigenvalue weighted by atomic mass is 35.5. The van der Waals surface area contributed by atoms with Crippen LogP contribution in [0.15, 0.2) is 59.5 Å². The van der Waals surface area contributed by atoms with E-state index in [1.54, 1.807) is 30.5 Å². The van der Waals surface area contributed by atoms with E-state index in [4.69, 9.17) is 11.6 Å². The monoisotopic (exact) mass is 273 g/mol. The minimum atomic E-state index is -0.298. The van der Waals surface area contributed by atoms with Gasteiger partial charge in [0.25, 0.3) is 5.56 Å². The number of pyridine rings is 2. The van der Waals surface area contributed by atoms with Crippen molar-refractivity contribution < 1.29 is 4.39 Å². The van der Waals surface area contributed by atoms with E-state index in [1.807, 2.05) is 6.07 Å². The molecule has 2 nitrogen and oxygen atoms in total. The molecule has 0 unspecified atom stereocenters. The molecule has 3 rings (SSSR count). The van der Waals surface area contributed by atoms with Crippen LogP contribution in [0.3, 0.4) is 0 Å². The Hall–Kier alpha value is -2.13. The molecule has 0 N–H and O–H groups in total. The second-order valence-corrected chi connectivity index (χ2v) is 4.67. The Bertz CT molecular complexity index is 808. The average Bonchev–Trinajstić information content (AvgIpc) is 2.40. The summed E-state index contributed by atoms with van der Waals surface area (Å²) in [5.74, 6) is -0.298. The first-order valence-electron chi connectivity index (χ1n) is 5.71. The van der Waals surface area contributed by atoms with Gasteiger partial charge in [0, 0.05) is 17.8 Å². The summed E-state index contributed by atoms with van der Waals surface area (Å²) in [6.07, 6.45) is 1.58. The molecule has 0 radical (unpaired) electrons. The molecule has 4 heteroatoms. The minimum absolute atomic E-state index is 0.167. The molecule has 0 amide bonds. The summed E-state index contributed by atoms with van der Waals surface area (Å²) in [6.45, 7) is 0. The largest absolute Gasteiger partial charge is 0.283 e. The fraction of sp³-hybridized carbons (Fsp3) is 0. The lowest BCUT2D eigenvalue weighted by atomic mass is 10.1. The van der Waals surface area contributed by atoms with Gasteiger partial charge in [-0.1, -0.05) is 23.7 Å². The maximum absolute atomic E-state index is 12.9. The van der Waals surface area contributed by atoms with Crippen LogP contribution in [0.25, 0.3) is 16.6 Å². The average molecular weight is 274 g/mol. The number of halogens is 2. The molecule has 0 fully saturated rings. The van der Waals surface area contributed by atoms with Crippen molar-refractivity contribution in [1.82, 2.24) is 4.40 Å². The molecular formula is C15H9ClFNO. The van der Waals surface area contributed by atoms with Gasteiger partial charge in [0.05, 0.1) is 5.02 Å². The van der Waals surface area contributed by atoms with Crippen molar-refractivity contribution in [3.8, 4) is 11.1 Å². The van der Waals surface area contributed by atoms with E-state index < -0.39 is 0 Å². The molecule has 0 bridgehead atoms. The highest BCUT2D eigenvalue weighted by Gasteiger charge is 2.03. The van der Waals surface area contributed by atoms with E-state index in [2.05, 4.69) is 0 Å². The highest BCUT2D eigenvalue weighted by molar-refractivity contribution is 6.30. The van der Waals surface area contributed by atoms with Gasteiger partial charge in [0.1, 0.15) is 5.82 Å². The normalized spacial score (nSPS) is 10.8. The Morgan fingerprint density at radius 3 is 2.42 bits per heavy atom. The third-order valence-electron chi connectivity index (χ3n) is 2.94. The second kappa shape index (κ2) is 4.52. The van der Waals surface area contributed by atoms with Crippen LogP contribution in [0.5, 0.6) is 0 Å². The lowest BCUT2D eigenvalue weighted by Gasteiger charge is -2.05. The zero-order valence-corrected chi connectivity index (χ0v) is 10.6. The molecule has 3 aromatic rings. The zero-order chi connectivity index (χ0) is 13.4. The van der Waals surface area contributed by atoms with Crippen molar-refractivity contribution in [3.63, 3.8) is 0 Å². The fourth-order valence-corrected chi connectivity index (χ4v) is 2.17. The Balaban J connectivity index is 2.24. The maximum Gasteiger partial charge on any atom is 0.255 e. The molecule has 94 valence electrons. The Morgan fingerprint density at radius 1 is 0.947 bits per heavy atom. The highest BCUT2D eigenvalue weighted by Crippen LogP contribution is 2.20. The van der Waals surface area contributed by atoms with Gasteiger partial charge in [-0.2, -0.15) is 0 Å². The van der Waals surface area contributed by atoms with Gasteiger partial charge < -0.3 is 0 Å². The van der Waals surface area contributed by atoms with E-state index in [0.29, 0.717) is 5.02 Å². The molecule has 0 saturated carbocycles. The van der Waals surface area contributed by atoms with Gasteiger partial charge in [-0.3, -0.25) is 9.20 Å². The summed E-state index contributed by atoms with van der Waals surface area (Å²) >= 11 is 5.86. The predicted molar refractivity (Wildman–Crippen MR) is 74.1 cm³/mol. The van der Waals surface area contributed by atoms with Crippen LogP contribution in [-0.2, 0) is 0 Å². The Labute approximate surface area is 113 Å². The van der Waals surface area contributed by atoms with Crippen LogP contribution >= 0.6 is 11.6 Å². The van der Waals surface area contributed by atoms with Crippen LogP contribution in [0.4, 0.5) is 4.39 Å². The molecule has 0 aliphatic rings. The SMILES string of the molecule is O=c1cc(-c2ccc(F)cc2)cc2ccc(Cl)cn12. The topological polar surface area (TPSA) is 21.5 Å². The molecule has 2 heterocycles. The number of fused-ring (bicyclic) bond motifs is 1. The van der Waals surface area contributed by atoms with Crippen molar-refractivity contribution in [2.24, 2.45) is 0 Å². The van der Waals surface area contributed by atoms with Gasteiger partial charge in [0.2, 0.25) is 0 Å². The van der Waals surface area contributed by atoms with Crippen LogP contribution in [0.1, 0.15) is 0 Å². The van der Waals surface area contributed by atoms with Crippen LogP contribution < -0.4 is 5.56 Å². The maximum atomic E-state index is 12.9. The summed E-state index contributed by atoms with van der Waals surface area (Å²) in [5.41, 5.74) is 2.14. The molecular weight excluding hydrogens is 265 g/mol. The first-order valence-corrected chi connectivity index (χ1v) is 6.09. The van der Waals surface area contributed by atoms with E-state index in [1.165, 1.54) is 22.6 Å². The van der Waals surface area contributed by atoms with Gasteiger partial charge >= 0.3 is 0 Å². The zero-order valence-electron chi connectivity index (χ0n) is 9.81. The molecule has 0 atom stereocenters. The molecule has 0 aliphatic carbocycles. The third-order valence-corrected chi connectivity index (χ3v) is 3.16. The van der Waals surface area contributed by atoms with Crippen molar-refractivity contribution in [1.29, 1.82) is 0 Å². The molecule has 2 aromatic heterocycles. The summed E-state index contributed by atoms with van der Waals surface area (Å²) in [6, 6.07) is 12.9. The second-order valence-electron chi connectivity index (χ2n) is 4.23. The smallest absolute Gasteiger partial charge is 0.255 e. The lowest BCUT2D eigenvalue weighted by molar-refractivity contribution is 0.628. The van der Waals surface area contributed by atoms with Gasteiger partial charge in [-0.15, -0.1) is 0 Å². The summed E-state index contributed by atoms with van der Waals surface area (Å²) < 4.78 is 14.4. The minimum Gasteiger partial charge on any atom is -0.283 e. The number of hydrogen-bond donors (Lipinski definition) is 0. The number of nitrogens with zero attached hydrogens (tertiary/aromatic N) is 1. The number of hydrogen-bond acceptors (Lipinski definition) is 1. The van der Waals surface area contributed by atoms with Gasteiger partial charge in [0.15, 0.2) is 0 Å². The first kappa shape index (κ1) is 11.9. The molecule has 0 spiro atoms. The van der Waals surface area contributed by atoms with Gasteiger partial charge in [-0.25, -0.2) is 4.39 Å². The Morgan fingerprint density at radius 2 is 1.68 bits per heavy atom. The summed E-state index contributed by atoms with van der Waals surface area (Å²) in [7, 11) is 0. The molecule has 19 heavy (non-hydrogen) atoms. The third kappa shape index (κ3) is 2.25. The quantitative estimate of drug-likeness (QED) is 0.661. The van der Waals surface area contributed by atoms with Crippen molar-refractivity contribution in [2.45, 2.75) is 0 Å². The summed E-state index contributed by atoms with van der Waals surface area (Å²) in [4.78, 5) is 12.0. The Kier molecular flexibility index (Phi) is 2.84. The van der Waals surface area contributed by atoms with E-state index in [9.17, 15) is 9.18 Å². The fourth-order valence-electron chi connectivity index (χ4n) is 2.01. The lowest BCUT2D eigenvalue weighted by Crippen LogP contribution is -2.12. The standard InChI is InChI=1S/C15H9ClFNO/c16-12-3-6-14-7-11(8-15(19)18(14)9-12)10-1-4-13(17)5-2-10/h1-9H. The van der Waals surface area contributed by atoms with Crippen molar-refractivity contribution in [2.75, 3.05) is 0 Å². The number of benzene rings is 1. The molecule has 1 aromatic carbocycles. The van der Waals surface area contributed by atoms with Crippen LogP contribution in [0, 0.1) is 5.82 Å². The van der Waals surface area contributed by atoms with Gasteiger partial charge in [-0.05, 0) is 41.5 Å². The van der Waals surface area contributed by atoms with E-state index >= 15 is 0 Å². The van der Waals surface area contributed by atoms with Crippen LogP contribution in [0.2, 0.25) is 5.02 Å². The first-order chi connectivity index (χ1) is 9.13. The van der Waals surface area contributed by atoms with E-state index in [0.717, 1.165) is 16.6 Å². The van der Waals surface area contributed by atoms with Crippen molar-refractivity contribution >= 4 is 17.1 Å². The van der Waals surface area contributed by atoms with E-state index in [-0.39, 0.29) is 11.4 Å². The summed E-state index contributed by atoms with van der Waals surface area (Å²) in [5, 5.41) is 0.504.